The van der Waals surface area contributed by atoms with Gasteiger partial charge in [-0.2, -0.15) is 12.6 Å². The van der Waals surface area contributed by atoms with Crippen molar-refractivity contribution in [2.45, 2.75) is 30.7 Å². The second-order valence-electron chi connectivity index (χ2n) is 3.70. The number of piperazine rings is 1. The highest BCUT2D eigenvalue weighted by Crippen LogP contribution is 2.25. The fourth-order valence-corrected chi connectivity index (χ4v) is 2.45. The first-order chi connectivity index (χ1) is 5.68. The molecule has 0 aromatic heterocycles. The molecule has 1 amide bonds. The minimum absolute atomic E-state index is 0.0937. The summed E-state index contributed by atoms with van der Waals surface area (Å²) >= 11 is 4.41. The number of amides is 1. The predicted octanol–water partition coefficient (Wildman–Crippen LogP) is -0.123. The molecule has 2 fully saturated rings. The summed E-state index contributed by atoms with van der Waals surface area (Å²) < 4.78 is 0. The molecule has 2 aliphatic heterocycles. The highest BCUT2D eigenvalue weighted by Gasteiger charge is 2.40. The Morgan fingerprint density at radius 3 is 3.08 bits per heavy atom. The van der Waals surface area contributed by atoms with Crippen molar-refractivity contribution in [1.82, 2.24) is 10.2 Å². The van der Waals surface area contributed by atoms with Gasteiger partial charge in [0.25, 0.3) is 0 Å². The summed E-state index contributed by atoms with van der Waals surface area (Å²) in [6, 6.07) is 0.570. The van der Waals surface area contributed by atoms with Crippen LogP contribution in [-0.2, 0) is 4.79 Å². The number of carbonyl (C=O) groups excluding carboxylic acids is 1. The molecule has 0 radical (unpaired) electrons. The van der Waals surface area contributed by atoms with Crippen LogP contribution in [0.15, 0.2) is 0 Å². The lowest BCUT2D eigenvalue weighted by atomic mass is 10.1. The van der Waals surface area contributed by atoms with Crippen LogP contribution in [-0.4, -0.2) is 41.2 Å². The molecule has 3 nitrogen and oxygen atoms in total. The lowest BCUT2D eigenvalue weighted by Gasteiger charge is -2.34. The largest absolute Gasteiger partial charge is 0.353 e. The van der Waals surface area contributed by atoms with E-state index in [0.717, 1.165) is 19.5 Å². The molecule has 3 atom stereocenters. The maximum Gasteiger partial charge on any atom is 0.237 e. The van der Waals surface area contributed by atoms with Crippen molar-refractivity contribution in [3.63, 3.8) is 0 Å². The zero-order valence-electron chi connectivity index (χ0n) is 7.16. The summed E-state index contributed by atoms with van der Waals surface area (Å²) in [6.07, 6.45) is 0.902. The Balaban J connectivity index is 2.14. The number of rotatable bonds is 0. The fourth-order valence-electron chi connectivity index (χ4n) is 2.07. The third-order valence-electron chi connectivity index (χ3n) is 2.76. The van der Waals surface area contributed by atoms with Gasteiger partial charge in [-0.25, -0.2) is 0 Å². The Morgan fingerprint density at radius 1 is 1.67 bits per heavy atom. The van der Waals surface area contributed by atoms with Crippen LogP contribution in [0.5, 0.6) is 0 Å². The Kier molecular flexibility index (Phi) is 2.04. The second kappa shape index (κ2) is 2.92. The molecule has 1 N–H and O–H groups in total. The van der Waals surface area contributed by atoms with Crippen molar-refractivity contribution in [1.29, 1.82) is 0 Å². The first-order valence-electron chi connectivity index (χ1n) is 4.40. The average Bonchev–Trinajstić information content (AvgIpc) is 2.41. The van der Waals surface area contributed by atoms with Crippen molar-refractivity contribution in [3.05, 3.63) is 0 Å². The molecule has 2 rings (SSSR count). The van der Waals surface area contributed by atoms with Gasteiger partial charge in [-0.3, -0.25) is 9.69 Å². The van der Waals surface area contributed by atoms with Gasteiger partial charge in [0.1, 0.15) is 0 Å². The van der Waals surface area contributed by atoms with Crippen molar-refractivity contribution >= 4 is 18.5 Å². The van der Waals surface area contributed by atoms with Gasteiger partial charge in [-0.15, -0.1) is 0 Å². The van der Waals surface area contributed by atoms with E-state index in [4.69, 9.17) is 0 Å². The Labute approximate surface area is 77.9 Å². The van der Waals surface area contributed by atoms with E-state index in [1.807, 2.05) is 0 Å². The van der Waals surface area contributed by atoms with Crippen LogP contribution in [0.25, 0.3) is 0 Å². The molecule has 0 spiro atoms. The van der Waals surface area contributed by atoms with E-state index in [-0.39, 0.29) is 11.9 Å². The van der Waals surface area contributed by atoms with E-state index in [1.54, 1.807) is 0 Å². The van der Waals surface area contributed by atoms with Crippen LogP contribution in [0.2, 0.25) is 0 Å². The quantitative estimate of drug-likeness (QED) is 0.517. The van der Waals surface area contributed by atoms with Crippen LogP contribution < -0.4 is 5.32 Å². The standard InChI is InChI=1S/C8H14N2OS/c1-5-3-9-8(11)7-2-6(12)4-10(5)7/h5-7,12H,2-4H2,1H3,(H,9,11). The molecular weight excluding hydrogens is 172 g/mol. The highest BCUT2D eigenvalue weighted by molar-refractivity contribution is 7.81. The van der Waals surface area contributed by atoms with Crippen LogP contribution in [0.4, 0.5) is 0 Å². The molecule has 2 heterocycles. The van der Waals surface area contributed by atoms with Crippen molar-refractivity contribution in [2.24, 2.45) is 0 Å². The number of nitrogens with zero attached hydrogens (tertiary/aromatic N) is 1. The molecule has 0 bridgehead atoms. The summed E-state index contributed by atoms with van der Waals surface area (Å²) in [6.45, 7) is 3.90. The lowest BCUT2D eigenvalue weighted by Crippen LogP contribution is -2.56. The van der Waals surface area contributed by atoms with E-state index in [1.165, 1.54) is 0 Å². The molecular formula is C8H14N2OS. The summed E-state index contributed by atoms with van der Waals surface area (Å²) in [4.78, 5) is 13.6. The van der Waals surface area contributed by atoms with Gasteiger partial charge in [0.15, 0.2) is 0 Å². The maximum absolute atomic E-state index is 11.4. The average molecular weight is 186 g/mol. The minimum atomic E-state index is 0.0937. The second-order valence-corrected chi connectivity index (χ2v) is 4.43. The first-order valence-corrected chi connectivity index (χ1v) is 4.91. The van der Waals surface area contributed by atoms with Crippen LogP contribution in [0.3, 0.4) is 0 Å². The molecule has 2 saturated heterocycles. The fraction of sp³-hybridized carbons (Fsp3) is 0.875. The summed E-state index contributed by atoms with van der Waals surface area (Å²) in [7, 11) is 0. The predicted molar refractivity (Wildman–Crippen MR) is 50.4 cm³/mol. The van der Waals surface area contributed by atoms with Crippen LogP contribution >= 0.6 is 12.6 Å². The van der Waals surface area contributed by atoms with Crippen molar-refractivity contribution in [3.8, 4) is 0 Å². The zero-order valence-corrected chi connectivity index (χ0v) is 8.05. The third-order valence-corrected chi connectivity index (χ3v) is 3.13. The van der Waals surface area contributed by atoms with Gasteiger partial charge in [0.2, 0.25) is 5.91 Å². The summed E-state index contributed by atoms with van der Waals surface area (Å²) in [5.74, 6) is 0.185. The number of thiol groups is 1. The molecule has 4 heteroatoms. The van der Waals surface area contributed by atoms with E-state index < -0.39 is 0 Å². The lowest BCUT2D eigenvalue weighted by molar-refractivity contribution is -0.129. The Bertz CT molecular complexity index is 209. The monoisotopic (exact) mass is 186 g/mol. The molecule has 68 valence electrons. The van der Waals surface area contributed by atoms with E-state index in [9.17, 15) is 4.79 Å². The van der Waals surface area contributed by atoms with Crippen LogP contribution in [0.1, 0.15) is 13.3 Å². The van der Waals surface area contributed by atoms with Crippen LogP contribution in [0, 0.1) is 0 Å². The maximum atomic E-state index is 11.4. The molecule has 3 unspecified atom stereocenters. The first kappa shape index (κ1) is 8.38. The van der Waals surface area contributed by atoms with Crippen molar-refractivity contribution < 1.29 is 4.79 Å². The van der Waals surface area contributed by atoms with Gasteiger partial charge < -0.3 is 5.32 Å². The SMILES string of the molecule is CC1CNC(=O)C2CC(S)CN12. The van der Waals surface area contributed by atoms with E-state index >= 15 is 0 Å². The Morgan fingerprint density at radius 2 is 2.42 bits per heavy atom. The van der Waals surface area contributed by atoms with E-state index in [0.29, 0.717) is 11.3 Å². The Hall–Kier alpha value is -0.220. The third kappa shape index (κ3) is 1.23. The van der Waals surface area contributed by atoms with Gasteiger partial charge in [-0.05, 0) is 13.3 Å². The molecule has 2 aliphatic rings. The number of carbonyl (C=O) groups is 1. The smallest absolute Gasteiger partial charge is 0.237 e. The topological polar surface area (TPSA) is 32.3 Å². The van der Waals surface area contributed by atoms with Gasteiger partial charge in [-0.1, -0.05) is 0 Å². The summed E-state index contributed by atoms with van der Waals surface area (Å²) in [5.41, 5.74) is 0. The highest BCUT2D eigenvalue weighted by atomic mass is 32.1. The molecule has 0 aromatic rings. The molecule has 0 saturated carbocycles. The molecule has 0 aliphatic carbocycles. The van der Waals surface area contributed by atoms with Gasteiger partial charge >= 0.3 is 0 Å². The number of hydrogen-bond donors (Lipinski definition) is 2. The minimum Gasteiger partial charge on any atom is -0.353 e. The summed E-state index contributed by atoms with van der Waals surface area (Å²) in [5, 5.41) is 3.29. The number of nitrogens with one attached hydrogen (secondary N) is 1. The van der Waals surface area contributed by atoms with Crippen molar-refractivity contribution in [2.75, 3.05) is 13.1 Å². The molecule has 0 aromatic carbocycles. The van der Waals surface area contributed by atoms with E-state index in [2.05, 4.69) is 29.8 Å². The number of hydrogen-bond acceptors (Lipinski definition) is 3. The van der Waals surface area contributed by atoms with Gasteiger partial charge in [0, 0.05) is 24.4 Å². The normalized spacial score (nSPS) is 42.5. The zero-order chi connectivity index (χ0) is 8.72. The molecule has 12 heavy (non-hydrogen) atoms. The van der Waals surface area contributed by atoms with Gasteiger partial charge in [0.05, 0.1) is 6.04 Å². The number of fused-ring (bicyclic) bond motifs is 1.